The molecule has 4 nitrogen and oxygen atoms in total. The van der Waals surface area contributed by atoms with Gasteiger partial charge in [0.1, 0.15) is 0 Å². The molecule has 0 fully saturated rings. The van der Waals surface area contributed by atoms with Crippen LogP contribution in [0.15, 0.2) is 168 Å². The number of hydrogen-bond donors (Lipinski definition) is 0. The number of benzene rings is 6. The van der Waals surface area contributed by atoms with Gasteiger partial charge in [0.05, 0.1) is 11.0 Å². The molecule has 2 heterocycles. The summed E-state index contributed by atoms with van der Waals surface area (Å²) in [7, 11) is 0. The minimum atomic E-state index is 0.651. The van der Waals surface area contributed by atoms with Crippen LogP contribution in [-0.2, 0) is 0 Å². The summed E-state index contributed by atoms with van der Waals surface area (Å²) in [6, 6.07) is 54.6. The van der Waals surface area contributed by atoms with Gasteiger partial charge in [-0.15, -0.1) is 0 Å². The monoisotopic (exact) mass is 582 g/mol. The highest BCUT2D eigenvalue weighted by Crippen LogP contribution is 2.35. The molecule has 0 spiro atoms. The predicted octanol–water partition coefficient (Wildman–Crippen LogP) is 10.1. The Labute approximate surface area is 259 Å². The second kappa shape index (κ2) is 11.3. The summed E-state index contributed by atoms with van der Waals surface area (Å²) in [5, 5.41) is 3.14. The molecule has 0 bridgehead atoms. The van der Waals surface area contributed by atoms with E-state index in [-0.39, 0.29) is 0 Å². The topological polar surface area (TPSA) is 43.6 Å². The van der Waals surface area contributed by atoms with Gasteiger partial charge in [-0.3, -0.25) is 0 Å². The van der Waals surface area contributed by atoms with E-state index in [0.717, 1.165) is 32.8 Å². The molecule has 0 unspecified atom stereocenters. The Kier molecular flexibility index (Phi) is 6.70. The Bertz CT molecular complexity index is 2210. The zero-order valence-corrected chi connectivity index (χ0v) is 24.5. The first-order valence-electron chi connectivity index (χ1n) is 14.5. The Morgan fingerprint density at radius 2 is 0.955 bits per heavy atom. The van der Waals surface area contributed by atoms with E-state index in [1.54, 1.807) is 11.8 Å². The number of nitrogens with zero attached hydrogens (tertiary/aromatic N) is 4. The molecule has 8 rings (SSSR count). The van der Waals surface area contributed by atoms with Crippen molar-refractivity contribution in [1.82, 2.24) is 19.5 Å². The van der Waals surface area contributed by atoms with Crippen LogP contribution in [0.1, 0.15) is 0 Å². The van der Waals surface area contributed by atoms with Gasteiger partial charge in [-0.1, -0.05) is 121 Å². The molecule has 2 aromatic heterocycles. The predicted molar refractivity (Wildman–Crippen MR) is 181 cm³/mol. The second-order valence-corrected chi connectivity index (χ2v) is 11.6. The number of para-hydroxylation sites is 2. The van der Waals surface area contributed by atoms with Crippen LogP contribution in [0.2, 0.25) is 0 Å². The fourth-order valence-electron chi connectivity index (χ4n) is 5.71. The molecule has 8 aromatic rings. The van der Waals surface area contributed by atoms with Gasteiger partial charge in [0.25, 0.3) is 0 Å². The van der Waals surface area contributed by atoms with Crippen LogP contribution in [0.5, 0.6) is 0 Å². The third kappa shape index (κ3) is 4.93. The molecule has 0 N–H and O–H groups in total. The molecule has 0 aliphatic rings. The summed E-state index contributed by atoms with van der Waals surface area (Å²) in [5.41, 5.74) is 7.65. The third-order valence-corrected chi connectivity index (χ3v) is 8.59. The standard InChI is InChI=1S/C39H26N4S/c1-3-13-27(14-4-1)29-17-11-18-30(25-29)38-40-37(28-15-5-2-6-16-28)41-39(42-38)44-32-20-12-19-31(26-32)43-35-23-9-7-21-33(35)34-22-8-10-24-36(34)43/h1-26H. The molecule has 0 amide bonds. The summed E-state index contributed by atoms with van der Waals surface area (Å²) in [4.78, 5) is 15.9. The van der Waals surface area contributed by atoms with Gasteiger partial charge >= 0.3 is 0 Å². The SMILES string of the molecule is c1ccc(-c2cccc(-c3nc(Sc4cccc(-n5c6ccccc6c6ccccc65)c4)nc(-c4ccccc4)n3)c2)cc1. The van der Waals surface area contributed by atoms with E-state index in [4.69, 9.17) is 15.0 Å². The number of hydrogen-bond acceptors (Lipinski definition) is 4. The molecule has 0 atom stereocenters. The van der Waals surface area contributed by atoms with Crippen molar-refractivity contribution in [2.24, 2.45) is 0 Å². The lowest BCUT2D eigenvalue weighted by atomic mass is 10.0. The molecule has 6 aromatic carbocycles. The van der Waals surface area contributed by atoms with Gasteiger partial charge < -0.3 is 4.57 Å². The Hall–Kier alpha value is -5.52. The second-order valence-electron chi connectivity index (χ2n) is 10.5. The fourth-order valence-corrected chi connectivity index (χ4v) is 6.51. The van der Waals surface area contributed by atoms with E-state index in [1.807, 2.05) is 36.4 Å². The Morgan fingerprint density at radius 1 is 0.409 bits per heavy atom. The lowest BCUT2D eigenvalue weighted by Gasteiger charge is -2.11. The highest BCUT2D eigenvalue weighted by molar-refractivity contribution is 7.99. The fraction of sp³-hybridized carbons (Fsp3) is 0. The first kappa shape index (κ1) is 26.1. The van der Waals surface area contributed by atoms with Crippen molar-refractivity contribution in [3.8, 4) is 39.6 Å². The normalized spacial score (nSPS) is 11.3. The van der Waals surface area contributed by atoms with E-state index in [9.17, 15) is 0 Å². The Morgan fingerprint density at radius 3 is 1.66 bits per heavy atom. The molecular weight excluding hydrogens is 557 g/mol. The maximum Gasteiger partial charge on any atom is 0.196 e. The molecule has 44 heavy (non-hydrogen) atoms. The molecule has 0 aliphatic heterocycles. The third-order valence-electron chi connectivity index (χ3n) is 7.74. The first-order valence-corrected chi connectivity index (χ1v) is 15.4. The summed E-state index contributed by atoms with van der Waals surface area (Å²) < 4.78 is 2.33. The van der Waals surface area contributed by atoms with Gasteiger partial charge in [0, 0.05) is 32.5 Å². The molecule has 0 radical (unpaired) electrons. The van der Waals surface area contributed by atoms with E-state index < -0.39 is 0 Å². The molecular formula is C39H26N4S. The lowest BCUT2D eigenvalue weighted by molar-refractivity contribution is 0.920. The number of fused-ring (bicyclic) bond motifs is 3. The number of rotatable bonds is 6. The Balaban J connectivity index is 1.22. The van der Waals surface area contributed by atoms with Gasteiger partial charge in [0.2, 0.25) is 0 Å². The maximum absolute atomic E-state index is 4.99. The van der Waals surface area contributed by atoms with Crippen LogP contribution in [0.4, 0.5) is 0 Å². The van der Waals surface area contributed by atoms with Crippen molar-refractivity contribution in [2.45, 2.75) is 10.1 Å². The average molecular weight is 583 g/mol. The van der Waals surface area contributed by atoms with Crippen molar-refractivity contribution in [3.05, 3.63) is 158 Å². The largest absolute Gasteiger partial charge is 0.309 e. The van der Waals surface area contributed by atoms with Crippen molar-refractivity contribution >= 4 is 33.6 Å². The van der Waals surface area contributed by atoms with Crippen molar-refractivity contribution in [3.63, 3.8) is 0 Å². The van der Waals surface area contributed by atoms with E-state index in [2.05, 4.69) is 126 Å². The summed E-state index contributed by atoms with van der Waals surface area (Å²) in [5.74, 6) is 1.31. The molecule has 0 aliphatic carbocycles. The minimum absolute atomic E-state index is 0.651. The van der Waals surface area contributed by atoms with Crippen LogP contribution in [-0.4, -0.2) is 19.5 Å². The van der Waals surface area contributed by atoms with Gasteiger partial charge in [0.15, 0.2) is 16.8 Å². The molecule has 5 heteroatoms. The van der Waals surface area contributed by atoms with Gasteiger partial charge in [-0.2, -0.15) is 0 Å². The summed E-state index contributed by atoms with van der Waals surface area (Å²) in [6.45, 7) is 0. The van der Waals surface area contributed by atoms with Crippen LogP contribution >= 0.6 is 11.8 Å². The zero-order valence-electron chi connectivity index (χ0n) is 23.7. The number of aromatic nitrogens is 4. The first-order chi connectivity index (χ1) is 21.8. The van der Waals surface area contributed by atoms with Crippen LogP contribution < -0.4 is 0 Å². The van der Waals surface area contributed by atoms with Crippen molar-refractivity contribution < 1.29 is 0 Å². The zero-order chi connectivity index (χ0) is 29.3. The van der Waals surface area contributed by atoms with E-state index in [1.165, 1.54) is 21.8 Å². The van der Waals surface area contributed by atoms with E-state index >= 15 is 0 Å². The highest BCUT2D eigenvalue weighted by atomic mass is 32.2. The minimum Gasteiger partial charge on any atom is -0.309 e. The van der Waals surface area contributed by atoms with Gasteiger partial charge in [-0.05, 0) is 59.3 Å². The maximum atomic E-state index is 4.99. The summed E-state index contributed by atoms with van der Waals surface area (Å²) in [6.07, 6.45) is 0. The molecule has 0 saturated heterocycles. The lowest BCUT2D eigenvalue weighted by Crippen LogP contribution is -1.99. The quantitative estimate of drug-likeness (QED) is 0.196. The van der Waals surface area contributed by atoms with Crippen molar-refractivity contribution in [1.29, 1.82) is 0 Å². The average Bonchev–Trinajstić information content (AvgIpc) is 3.44. The van der Waals surface area contributed by atoms with E-state index in [0.29, 0.717) is 16.8 Å². The van der Waals surface area contributed by atoms with Crippen LogP contribution in [0.3, 0.4) is 0 Å². The summed E-state index contributed by atoms with van der Waals surface area (Å²) >= 11 is 1.55. The van der Waals surface area contributed by atoms with Gasteiger partial charge in [-0.25, -0.2) is 15.0 Å². The molecule has 208 valence electrons. The highest BCUT2D eigenvalue weighted by Gasteiger charge is 2.15. The van der Waals surface area contributed by atoms with Crippen LogP contribution in [0, 0.1) is 0 Å². The van der Waals surface area contributed by atoms with Crippen LogP contribution in [0.25, 0.3) is 61.4 Å². The smallest absolute Gasteiger partial charge is 0.196 e. The molecule has 0 saturated carbocycles. The van der Waals surface area contributed by atoms with Crippen molar-refractivity contribution in [2.75, 3.05) is 0 Å².